The number of aliphatic carboxylic acids is 1. The highest BCUT2D eigenvalue weighted by molar-refractivity contribution is 7.11. The van der Waals surface area contributed by atoms with Crippen molar-refractivity contribution in [3.63, 3.8) is 0 Å². The number of carboxylic acids is 2. The van der Waals surface area contributed by atoms with E-state index in [9.17, 15) is 9.59 Å². The van der Waals surface area contributed by atoms with Crippen molar-refractivity contribution < 1.29 is 19.8 Å². The molecule has 0 bridgehead atoms. The van der Waals surface area contributed by atoms with Gasteiger partial charge in [0.25, 0.3) is 0 Å². The van der Waals surface area contributed by atoms with E-state index < -0.39 is 18.0 Å². The molecule has 0 spiro atoms. The molecule has 1 unspecified atom stereocenters. The fourth-order valence-corrected chi connectivity index (χ4v) is 1.43. The molecule has 0 aliphatic rings. The summed E-state index contributed by atoms with van der Waals surface area (Å²) < 4.78 is 0. The predicted molar refractivity (Wildman–Crippen MR) is 67.6 cm³/mol. The first kappa shape index (κ1) is 16.5. The summed E-state index contributed by atoms with van der Waals surface area (Å²) in [5, 5.41) is 18.3. The van der Waals surface area contributed by atoms with E-state index in [1.54, 1.807) is 5.38 Å². The van der Waals surface area contributed by atoms with Crippen LogP contribution in [0, 0.1) is 0 Å². The van der Waals surface area contributed by atoms with Gasteiger partial charge in [-0.25, -0.2) is 9.78 Å². The summed E-state index contributed by atoms with van der Waals surface area (Å²) in [5.41, 5.74) is 10.4. The van der Waals surface area contributed by atoms with Crippen LogP contribution in [0.25, 0.3) is 0 Å². The van der Waals surface area contributed by atoms with Crippen molar-refractivity contribution in [3.05, 3.63) is 16.6 Å². The van der Waals surface area contributed by atoms with Crippen LogP contribution in [0.15, 0.2) is 11.6 Å². The lowest BCUT2D eigenvalue weighted by Crippen LogP contribution is -2.29. The van der Waals surface area contributed by atoms with Crippen molar-refractivity contribution in [1.29, 1.82) is 0 Å². The molecule has 1 aromatic heterocycles. The Bertz CT molecular complexity index is 356. The lowest BCUT2D eigenvalue weighted by Gasteiger charge is -2.03. The molecule has 7 nitrogen and oxygen atoms in total. The highest BCUT2D eigenvalue weighted by Gasteiger charge is 2.09. The fourth-order valence-electron chi connectivity index (χ4n) is 0.961. The van der Waals surface area contributed by atoms with Crippen molar-refractivity contribution >= 4 is 23.3 Å². The van der Waals surface area contributed by atoms with E-state index in [4.69, 9.17) is 21.7 Å². The third-order valence-corrected chi connectivity index (χ3v) is 2.66. The number of unbranched alkanes of at least 4 members (excludes halogenated alkanes) is 1. The molecule has 102 valence electrons. The first-order valence-corrected chi connectivity index (χ1v) is 6.18. The number of aromatic nitrogens is 1. The zero-order valence-electron chi connectivity index (χ0n) is 9.78. The highest BCUT2D eigenvalue weighted by Crippen LogP contribution is 2.01. The molecule has 1 heterocycles. The Morgan fingerprint density at radius 2 is 2.06 bits per heavy atom. The van der Waals surface area contributed by atoms with Gasteiger partial charge in [0, 0.05) is 11.6 Å². The monoisotopic (exact) mass is 275 g/mol. The lowest BCUT2D eigenvalue weighted by atomic mass is 10.1. The Morgan fingerprint density at radius 3 is 2.39 bits per heavy atom. The number of nitrogens with zero attached hydrogens (tertiary/aromatic N) is 1. The van der Waals surface area contributed by atoms with E-state index in [0.29, 0.717) is 13.0 Å². The average molecular weight is 275 g/mol. The molecule has 0 radical (unpaired) electrons. The van der Waals surface area contributed by atoms with Gasteiger partial charge in [-0.05, 0) is 19.4 Å². The Labute approximate surface area is 108 Å². The van der Waals surface area contributed by atoms with Gasteiger partial charge in [0.1, 0.15) is 6.04 Å². The molecular formula is C10H17N3O4S. The SMILES string of the molecule is NCCCCC(N)C(=O)O.O=C(O)c1nccs1. The Kier molecular flexibility index (Phi) is 8.71. The maximum atomic E-state index is 10.1. The van der Waals surface area contributed by atoms with Gasteiger partial charge < -0.3 is 21.7 Å². The Morgan fingerprint density at radius 1 is 1.39 bits per heavy atom. The van der Waals surface area contributed by atoms with Crippen LogP contribution in [0.1, 0.15) is 29.1 Å². The van der Waals surface area contributed by atoms with E-state index in [0.717, 1.165) is 24.2 Å². The minimum absolute atomic E-state index is 0.144. The van der Waals surface area contributed by atoms with Gasteiger partial charge in [-0.3, -0.25) is 4.79 Å². The number of rotatable bonds is 6. The van der Waals surface area contributed by atoms with E-state index in [1.807, 2.05) is 0 Å². The molecule has 0 aliphatic heterocycles. The number of hydrogen-bond acceptors (Lipinski definition) is 6. The van der Waals surface area contributed by atoms with Crippen LogP contribution in [0.5, 0.6) is 0 Å². The summed E-state index contributed by atoms with van der Waals surface area (Å²) in [6.07, 6.45) is 3.63. The van der Waals surface area contributed by atoms with Gasteiger partial charge in [-0.2, -0.15) is 0 Å². The third kappa shape index (κ3) is 7.71. The Balaban J connectivity index is 0.000000327. The molecule has 0 aliphatic carbocycles. The van der Waals surface area contributed by atoms with E-state index in [2.05, 4.69) is 4.98 Å². The summed E-state index contributed by atoms with van der Waals surface area (Å²) >= 11 is 1.12. The molecule has 0 amide bonds. The van der Waals surface area contributed by atoms with Crippen LogP contribution in [0.3, 0.4) is 0 Å². The van der Waals surface area contributed by atoms with E-state index in [-0.39, 0.29) is 5.01 Å². The van der Waals surface area contributed by atoms with Gasteiger partial charge in [0.05, 0.1) is 0 Å². The van der Waals surface area contributed by atoms with Crippen LogP contribution in [-0.2, 0) is 4.79 Å². The van der Waals surface area contributed by atoms with Crippen LogP contribution in [-0.4, -0.2) is 39.7 Å². The topological polar surface area (TPSA) is 140 Å². The fraction of sp³-hybridized carbons (Fsp3) is 0.500. The second-order valence-electron chi connectivity index (χ2n) is 3.37. The van der Waals surface area contributed by atoms with Crippen LogP contribution < -0.4 is 11.5 Å². The number of thiazole rings is 1. The largest absolute Gasteiger partial charge is 0.480 e. The maximum absolute atomic E-state index is 10.1. The summed E-state index contributed by atoms with van der Waals surface area (Å²) in [7, 11) is 0. The third-order valence-electron chi connectivity index (χ3n) is 1.90. The minimum Gasteiger partial charge on any atom is -0.480 e. The molecule has 0 aromatic carbocycles. The number of hydrogen-bond donors (Lipinski definition) is 4. The molecule has 8 heteroatoms. The van der Waals surface area contributed by atoms with Crippen molar-refractivity contribution in [2.75, 3.05) is 6.54 Å². The molecule has 6 N–H and O–H groups in total. The highest BCUT2D eigenvalue weighted by atomic mass is 32.1. The van der Waals surface area contributed by atoms with Crippen molar-refractivity contribution in [1.82, 2.24) is 4.98 Å². The predicted octanol–water partition coefficient (Wildman–Crippen LogP) is 0.369. The van der Waals surface area contributed by atoms with Crippen LogP contribution in [0.2, 0.25) is 0 Å². The minimum atomic E-state index is -0.958. The Hall–Kier alpha value is -1.51. The van der Waals surface area contributed by atoms with Gasteiger partial charge in [-0.15, -0.1) is 11.3 Å². The van der Waals surface area contributed by atoms with Gasteiger partial charge in [-0.1, -0.05) is 6.42 Å². The molecule has 1 rings (SSSR count). The molecule has 1 atom stereocenters. The second-order valence-corrected chi connectivity index (χ2v) is 4.27. The smallest absolute Gasteiger partial charge is 0.364 e. The van der Waals surface area contributed by atoms with Gasteiger partial charge in [0.2, 0.25) is 5.01 Å². The lowest BCUT2D eigenvalue weighted by molar-refractivity contribution is -0.138. The standard InChI is InChI=1S/C6H14N2O2.C4H3NO2S/c7-4-2-1-3-5(8)6(9)10;6-4(7)3-5-1-2-8-3/h5H,1-4,7-8H2,(H,9,10);1-2H,(H,6,7). The zero-order chi connectivity index (χ0) is 14.0. The van der Waals surface area contributed by atoms with Crippen molar-refractivity contribution in [2.45, 2.75) is 25.3 Å². The number of carbonyl (C=O) groups is 2. The van der Waals surface area contributed by atoms with Crippen LogP contribution >= 0.6 is 11.3 Å². The normalized spacial score (nSPS) is 11.2. The van der Waals surface area contributed by atoms with Crippen molar-refractivity contribution in [2.24, 2.45) is 11.5 Å². The first-order chi connectivity index (χ1) is 8.49. The number of aromatic carboxylic acids is 1. The zero-order valence-corrected chi connectivity index (χ0v) is 10.6. The van der Waals surface area contributed by atoms with Crippen LogP contribution in [0.4, 0.5) is 0 Å². The molecule has 0 fully saturated rings. The molecular weight excluding hydrogens is 258 g/mol. The van der Waals surface area contributed by atoms with Crippen molar-refractivity contribution in [3.8, 4) is 0 Å². The number of nitrogens with two attached hydrogens (primary N) is 2. The van der Waals surface area contributed by atoms with Gasteiger partial charge in [0.15, 0.2) is 0 Å². The summed E-state index contributed by atoms with van der Waals surface area (Å²) in [6.45, 7) is 0.604. The summed E-state index contributed by atoms with van der Waals surface area (Å²) in [6, 6.07) is -0.716. The first-order valence-electron chi connectivity index (χ1n) is 5.30. The second kappa shape index (κ2) is 9.51. The summed E-state index contributed by atoms with van der Waals surface area (Å²) in [4.78, 5) is 23.7. The maximum Gasteiger partial charge on any atom is 0.364 e. The molecule has 0 saturated heterocycles. The molecule has 18 heavy (non-hydrogen) atoms. The van der Waals surface area contributed by atoms with E-state index in [1.165, 1.54) is 6.20 Å². The molecule has 1 aromatic rings. The average Bonchev–Trinajstić information content (AvgIpc) is 2.83. The number of carboxylic acid groups (broad SMARTS) is 2. The molecule has 0 saturated carbocycles. The van der Waals surface area contributed by atoms with E-state index >= 15 is 0 Å². The summed E-state index contributed by atoms with van der Waals surface area (Å²) in [5.74, 6) is -1.89. The van der Waals surface area contributed by atoms with Gasteiger partial charge >= 0.3 is 11.9 Å². The quantitative estimate of drug-likeness (QED) is 0.550.